The summed E-state index contributed by atoms with van der Waals surface area (Å²) in [4.78, 5) is 22.9. The maximum atomic E-state index is 12.4. The van der Waals surface area contributed by atoms with E-state index in [2.05, 4.69) is 10.6 Å². The van der Waals surface area contributed by atoms with E-state index in [9.17, 15) is 14.9 Å². The van der Waals surface area contributed by atoms with Gasteiger partial charge in [0.15, 0.2) is 0 Å². The Kier molecular flexibility index (Phi) is 5.89. The molecule has 6 nitrogen and oxygen atoms in total. The molecule has 0 fully saturated rings. The Bertz CT molecular complexity index is 717. The number of carbonyl (C=O) groups excluding carboxylic acids is 1. The van der Waals surface area contributed by atoms with Crippen LogP contribution in [0.5, 0.6) is 0 Å². The van der Waals surface area contributed by atoms with Crippen LogP contribution >= 0.6 is 0 Å². The molecule has 0 saturated carbocycles. The predicted octanol–water partition coefficient (Wildman–Crippen LogP) is 3.39. The van der Waals surface area contributed by atoms with Crippen LogP contribution in [0.15, 0.2) is 48.5 Å². The summed E-state index contributed by atoms with van der Waals surface area (Å²) in [5.74, 6) is -0.316. The Morgan fingerprint density at radius 2 is 1.92 bits per heavy atom. The van der Waals surface area contributed by atoms with Crippen LogP contribution in [0.2, 0.25) is 0 Å². The van der Waals surface area contributed by atoms with Gasteiger partial charge in [0, 0.05) is 30.9 Å². The van der Waals surface area contributed by atoms with Gasteiger partial charge in [-0.3, -0.25) is 14.9 Å². The lowest BCUT2D eigenvalue weighted by Crippen LogP contribution is -2.33. The standard InChI is InChI=1S/C18H21N3O3/c1-13(8-9-14-6-4-3-5-7-14)20-18(22)16-12-15(21(23)24)10-11-17(16)19-2/h3-7,10-13,19H,8-9H2,1-2H3,(H,20,22). The van der Waals surface area contributed by atoms with Gasteiger partial charge in [0.2, 0.25) is 0 Å². The molecule has 1 amide bonds. The first-order valence-electron chi connectivity index (χ1n) is 7.82. The monoisotopic (exact) mass is 327 g/mol. The van der Waals surface area contributed by atoms with Gasteiger partial charge in [-0.2, -0.15) is 0 Å². The van der Waals surface area contributed by atoms with Gasteiger partial charge in [0.25, 0.3) is 11.6 Å². The third-order valence-electron chi connectivity index (χ3n) is 3.81. The number of benzene rings is 2. The van der Waals surface area contributed by atoms with Crippen molar-refractivity contribution in [1.29, 1.82) is 0 Å². The Morgan fingerprint density at radius 1 is 1.21 bits per heavy atom. The maximum absolute atomic E-state index is 12.4. The average molecular weight is 327 g/mol. The molecule has 2 N–H and O–H groups in total. The molecule has 0 aromatic heterocycles. The summed E-state index contributed by atoms with van der Waals surface area (Å²) < 4.78 is 0. The summed E-state index contributed by atoms with van der Waals surface area (Å²) in [5.41, 5.74) is 1.95. The second-order valence-corrected chi connectivity index (χ2v) is 5.64. The number of hydrogen-bond acceptors (Lipinski definition) is 4. The van der Waals surface area contributed by atoms with Crippen molar-refractivity contribution in [2.75, 3.05) is 12.4 Å². The van der Waals surface area contributed by atoms with Crippen molar-refractivity contribution < 1.29 is 9.72 Å². The van der Waals surface area contributed by atoms with E-state index in [-0.39, 0.29) is 23.2 Å². The van der Waals surface area contributed by atoms with Gasteiger partial charge in [-0.15, -0.1) is 0 Å². The lowest BCUT2D eigenvalue weighted by molar-refractivity contribution is -0.384. The highest BCUT2D eigenvalue weighted by atomic mass is 16.6. The first-order valence-corrected chi connectivity index (χ1v) is 7.82. The van der Waals surface area contributed by atoms with Crippen molar-refractivity contribution in [2.24, 2.45) is 0 Å². The molecule has 1 unspecified atom stereocenters. The molecular formula is C18H21N3O3. The van der Waals surface area contributed by atoms with E-state index in [1.165, 1.54) is 17.7 Å². The van der Waals surface area contributed by atoms with Crippen LogP contribution in [-0.2, 0) is 6.42 Å². The molecule has 0 aliphatic carbocycles. The van der Waals surface area contributed by atoms with Crippen LogP contribution in [0.1, 0.15) is 29.3 Å². The molecule has 2 aromatic rings. The number of rotatable bonds is 7. The van der Waals surface area contributed by atoms with Crippen LogP contribution in [0.4, 0.5) is 11.4 Å². The summed E-state index contributed by atoms with van der Waals surface area (Å²) >= 11 is 0. The SMILES string of the molecule is CNc1ccc([N+](=O)[O-])cc1C(=O)NC(C)CCc1ccccc1. The predicted molar refractivity (Wildman–Crippen MR) is 94.3 cm³/mol. The normalized spacial score (nSPS) is 11.6. The zero-order valence-corrected chi connectivity index (χ0v) is 13.8. The van der Waals surface area contributed by atoms with Crippen LogP contribution in [-0.4, -0.2) is 23.9 Å². The van der Waals surface area contributed by atoms with Crippen LogP contribution < -0.4 is 10.6 Å². The molecule has 0 aliphatic heterocycles. The molecular weight excluding hydrogens is 306 g/mol. The number of amides is 1. The van der Waals surface area contributed by atoms with Crippen molar-refractivity contribution in [1.82, 2.24) is 5.32 Å². The van der Waals surface area contributed by atoms with Gasteiger partial charge >= 0.3 is 0 Å². The molecule has 1 atom stereocenters. The molecule has 24 heavy (non-hydrogen) atoms. The zero-order chi connectivity index (χ0) is 17.5. The lowest BCUT2D eigenvalue weighted by Gasteiger charge is -2.15. The third-order valence-corrected chi connectivity index (χ3v) is 3.81. The van der Waals surface area contributed by atoms with Crippen molar-refractivity contribution in [2.45, 2.75) is 25.8 Å². The highest BCUT2D eigenvalue weighted by molar-refractivity contribution is 6.00. The molecule has 0 bridgehead atoms. The Labute approximate surface area is 141 Å². The smallest absolute Gasteiger partial charge is 0.270 e. The molecule has 2 aromatic carbocycles. The minimum atomic E-state index is -0.505. The summed E-state index contributed by atoms with van der Waals surface area (Å²) in [6.45, 7) is 1.93. The highest BCUT2D eigenvalue weighted by Crippen LogP contribution is 2.22. The number of nitro benzene ring substituents is 1. The molecule has 126 valence electrons. The fraction of sp³-hybridized carbons (Fsp3) is 0.278. The summed E-state index contributed by atoms with van der Waals surface area (Å²) in [6, 6.07) is 14.2. The highest BCUT2D eigenvalue weighted by Gasteiger charge is 2.17. The molecule has 0 spiro atoms. The van der Waals surface area contributed by atoms with Crippen molar-refractivity contribution in [3.8, 4) is 0 Å². The Hall–Kier alpha value is -2.89. The number of nitro groups is 1. The largest absolute Gasteiger partial charge is 0.387 e. The summed E-state index contributed by atoms with van der Waals surface area (Å²) in [6.07, 6.45) is 1.65. The Morgan fingerprint density at radius 3 is 2.54 bits per heavy atom. The first kappa shape index (κ1) is 17.5. The molecule has 0 radical (unpaired) electrons. The molecule has 0 saturated heterocycles. The van der Waals surface area contributed by atoms with Crippen molar-refractivity contribution >= 4 is 17.3 Å². The second-order valence-electron chi connectivity index (χ2n) is 5.64. The van der Waals surface area contributed by atoms with Crippen molar-refractivity contribution in [3.63, 3.8) is 0 Å². The van der Waals surface area contributed by atoms with E-state index in [1.54, 1.807) is 13.1 Å². The average Bonchev–Trinajstić information content (AvgIpc) is 2.60. The van der Waals surface area contributed by atoms with Gasteiger partial charge in [-0.05, 0) is 31.4 Å². The second kappa shape index (κ2) is 8.10. The van der Waals surface area contributed by atoms with Crippen LogP contribution in [0.3, 0.4) is 0 Å². The number of aryl methyl sites for hydroxylation is 1. The van der Waals surface area contributed by atoms with Gasteiger partial charge in [0.05, 0.1) is 10.5 Å². The molecule has 0 heterocycles. The van der Waals surface area contributed by atoms with Crippen molar-refractivity contribution in [3.05, 3.63) is 69.8 Å². The van der Waals surface area contributed by atoms with Crippen LogP contribution in [0.25, 0.3) is 0 Å². The topological polar surface area (TPSA) is 84.3 Å². The fourth-order valence-electron chi connectivity index (χ4n) is 2.45. The number of carbonyl (C=O) groups is 1. The van der Waals surface area contributed by atoms with E-state index < -0.39 is 4.92 Å². The third kappa shape index (κ3) is 4.55. The quantitative estimate of drug-likeness (QED) is 0.603. The van der Waals surface area contributed by atoms with E-state index in [0.29, 0.717) is 5.69 Å². The lowest BCUT2D eigenvalue weighted by atomic mass is 10.1. The van der Waals surface area contributed by atoms with Crippen LogP contribution in [0, 0.1) is 10.1 Å². The van der Waals surface area contributed by atoms with E-state index in [4.69, 9.17) is 0 Å². The first-order chi connectivity index (χ1) is 11.5. The maximum Gasteiger partial charge on any atom is 0.270 e. The molecule has 6 heteroatoms. The van der Waals surface area contributed by atoms with Gasteiger partial charge in [-0.1, -0.05) is 30.3 Å². The Balaban J connectivity index is 2.03. The van der Waals surface area contributed by atoms with E-state index in [0.717, 1.165) is 12.8 Å². The number of non-ortho nitro benzene ring substituents is 1. The number of nitrogens with one attached hydrogen (secondary N) is 2. The van der Waals surface area contributed by atoms with E-state index >= 15 is 0 Å². The van der Waals surface area contributed by atoms with E-state index in [1.807, 2.05) is 37.3 Å². The number of nitrogens with zero attached hydrogens (tertiary/aromatic N) is 1. The minimum Gasteiger partial charge on any atom is -0.387 e. The van der Waals surface area contributed by atoms with Gasteiger partial charge < -0.3 is 10.6 Å². The summed E-state index contributed by atoms with van der Waals surface area (Å²) in [5, 5.41) is 16.7. The minimum absolute atomic E-state index is 0.0401. The zero-order valence-electron chi connectivity index (χ0n) is 13.8. The number of anilines is 1. The number of hydrogen-bond donors (Lipinski definition) is 2. The van der Waals surface area contributed by atoms with Gasteiger partial charge in [-0.25, -0.2) is 0 Å². The molecule has 0 aliphatic rings. The van der Waals surface area contributed by atoms with Gasteiger partial charge in [0.1, 0.15) is 0 Å². The molecule has 2 rings (SSSR count). The fourth-order valence-corrected chi connectivity index (χ4v) is 2.45. The summed E-state index contributed by atoms with van der Waals surface area (Å²) in [7, 11) is 1.68.